The van der Waals surface area contributed by atoms with Crippen molar-refractivity contribution < 1.29 is 4.39 Å². The second-order valence-electron chi connectivity index (χ2n) is 2.70. The largest absolute Gasteiger partial charge is 0.238 e. The van der Waals surface area contributed by atoms with E-state index in [0.29, 0.717) is 10.7 Å². The molecule has 0 atom stereocenters. The summed E-state index contributed by atoms with van der Waals surface area (Å²) >= 11 is 9.13. The van der Waals surface area contributed by atoms with Crippen molar-refractivity contribution in [1.82, 2.24) is 9.78 Å². The van der Waals surface area contributed by atoms with E-state index in [4.69, 9.17) is 11.6 Å². The van der Waals surface area contributed by atoms with Gasteiger partial charge in [-0.15, -0.1) is 0 Å². The van der Waals surface area contributed by atoms with Crippen molar-refractivity contribution in [2.24, 2.45) is 0 Å². The Kier molecular flexibility index (Phi) is 2.56. The normalized spacial score (nSPS) is 10.5. The molecule has 14 heavy (non-hydrogen) atoms. The van der Waals surface area contributed by atoms with E-state index in [1.54, 1.807) is 23.1 Å². The van der Waals surface area contributed by atoms with Crippen LogP contribution in [0.4, 0.5) is 4.39 Å². The third-order valence-corrected chi connectivity index (χ3v) is 2.42. The summed E-state index contributed by atoms with van der Waals surface area (Å²) in [6.45, 7) is 0. The first-order chi connectivity index (χ1) is 6.66. The van der Waals surface area contributed by atoms with E-state index in [2.05, 4.69) is 21.0 Å². The van der Waals surface area contributed by atoms with E-state index in [1.165, 1.54) is 12.1 Å². The monoisotopic (exact) mass is 274 g/mol. The van der Waals surface area contributed by atoms with Crippen molar-refractivity contribution in [3.8, 4) is 5.69 Å². The predicted octanol–water partition coefficient (Wildman–Crippen LogP) is 3.43. The Morgan fingerprint density at radius 1 is 1.43 bits per heavy atom. The Morgan fingerprint density at radius 2 is 2.21 bits per heavy atom. The number of benzene rings is 1. The smallest absolute Gasteiger partial charge is 0.124 e. The molecule has 0 aliphatic carbocycles. The molecule has 2 rings (SSSR count). The highest BCUT2D eigenvalue weighted by Crippen LogP contribution is 2.21. The minimum Gasteiger partial charge on any atom is -0.238 e. The fourth-order valence-electron chi connectivity index (χ4n) is 1.10. The van der Waals surface area contributed by atoms with Crippen LogP contribution in [0.1, 0.15) is 0 Å². The van der Waals surface area contributed by atoms with Crippen molar-refractivity contribution in [1.29, 1.82) is 0 Å². The van der Waals surface area contributed by atoms with Gasteiger partial charge < -0.3 is 0 Å². The molecule has 0 unspecified atom stereocenters. The second-order valence-corrected chi connectivity index (χ2v) is 4.02. The highest BCUT2D eigenvalue weighted by atomic mass is 79.9. The molecule has 72 valence electrons. The quantitative estimate of drug-likeness (QED) is 0.780. The molecular weight excluding hydrogens is 270 g/mol. The standard InChI is InChI=1S/C9H5BrClFN2/c10-6-4-13-14(5-6)9-2-1-7(12)3-8(9)11/h1-5H. The van der Waals surface area contributed by atoms with Crippen LogP contribution in [0.25, 0.3) is 5.69 Å². The molecule has 0 saturated heterocycles. The van der Waals surface area contributed by atoms with Gasteiger partial charge in [0.1, 0.15) is 5.82 Å². The number of nitrogens with zero attached hydrogens (tertiary/aromatic N) is 2. The third kappa shape index (κ3) is 1.81. The molecule has 0 aliphatic rings. The molecule has 0 saturated carbocycles. The van der Waals surface area contributed by atoms with Crippen LogP contribution in [0.2, 0.25) is 5.02 Å². The van der Waals surface area contributed by atoms with Gasteiger partial charge in [0.25, 0.3) is 0 Å². The number of aromatic nitrogens is 2. The summed E-state index contributed by atoms with van der Waals surface area (Å²) in [6, 6.07) is 4.18. The van der Waals surface area contributed by atoms with Gasteiger partial charge in [0, 0.05) is 6.20 Å². The molecule has 1 aromatic heterocycles. The summed E-state index contributed by atoms with van der Waals surface area (Å²) in [7, 11) is 0. The lowest BCUT2D eigenvalue weighted by molar-refractivity contribution is 0.627. The first kappa shape index (κ1) is 9.68. The molecule has 0 amide bonds. The Morgan fingerprint density at radius 3 is 2.79 bits per heavy atom. The molecule has 0 radical (unpaired) electrons. The van der Waals surface area contributed by atoms with Gasteiger partial charge in [0.15, 0.2) is 0 Å². The first-order valence-electron chi connectivity index (χ1n) is 3.82. The molecule has 1 aromatic carbocycles. The Balaban J connectivity index is 2.52. The van der Waals surface area contributed by atoms with Crippen molar-refractivity contribution in [2.75, 3.05) is 0 Å². The van der Waals surface area contributed by atoms with Crippen LogP contribution in [-0.2, 0) is 0 Å². The number of rotatable bonds is 1. The zero-order valence-corrected chi connectivity index (χ0v) is 9.26. The summed E-state index contributed by atoms with van der Waals surface area (Å²) in [4.78, 5) is 0. The van der Waals surface area contributed by atoms with Crippen LogP contribution >= 0.6 is 27.5 Å². The lowest BCUT2D eigenvalue weighted by Crippen LogP contribution is -1.95. The van der Waals surface area contributed by atoms with Gasteiger partial charge in [-0.3, -0.25) is 0 Å². The van der Waals surface area contributed by atoms with Gasteiger partial charge in [-0.05, 0) is 34.1 Å². The van der Waals surface area contributed by atoms with E-state index in [0.717, 1.165) is 4.47 Å². The van der Waals surface area contributed by atoms with Crippen molar-refractivity contribution in [3.05, 3.63) is 45.9 Å². The summed E-state index contributed by atoms with van der Waals surface area (Å²) in [5, 5.41) is 4.37. The molecule has 0 bridgehead atoms. The lowest BCUT2D eigenvalue weighted by Gasteiger charge is -2.03. The zero-order chi connectivity index (χ0) is 10.1. The van der Waals surface area contributed by atoms with Crippen LogP contribution in [0.5, 0.6) is 0 Å². The number of hydrogen-bond donors (Lipinski definition) is 0. The zero-order valence-electron chi connectivity index (χ0n) is 6.92. The molecular formula is C9H5BrClFN2. The number of halogens is 3. The maximum absolute atomic E-state index is 12.7. The van der Waals surface area contributed by atoms with Crippen LogP contribution in [0.15, 0.2) is 35.1 Å². The topological polar surface area (TPSA) is 17.8 Å². The minimum absolute atomic E-state index is 0.334. The Hall–Kier alpha value is -0.870. The van der Waals surface area contributed by atoms with Crippen molar-refractivity contribution in [3.63, 3.8) is 0 Å². The van der Waals surface area contributed by atoms with E-state index in [9.17, 15) is 4.39 Å². The molecule has 0 fully saturated rings. The van der Waals surface area contributed by atoms with Crippen LogP contribution in [-0.4, -0.2) is 9.78 Å². The molecule has 1 heterocycles. The van der Waals surface area contributed by atoms with Crippen molar-refractivity contribution >= 4 is 27.5 Å². The molecule has 0 spiro atoms. The Bertz CT molecular complexity index is 470. The van der Waals surface area contributed by atoms with Crippen LogP contribution in [0.3, 0.4) is 0 Å². The van der Waals surface area contributed by atoms with E-state index >= 15 is 0 Å². The fourth-order valence-corrected chi connectivity index (χ4v) is 1.64. The van der Waals surface area contributed by atoms with E-state index < -0.39 is 0 Å². The lowest BCUT2D eigenvalue weighted by atomic mass is 10.3. The van der Waals surface area contributed by atoms with E-state index in [1.807, 2.05) is 0 Å². The summed E-state index contributed by atoms with van der Waals surface area (Å²) in [6.07, 6.45) is 3.39. The minimum atomic E-state index is -0.357. The highest BCUT2D eigenvalue weighted by molar-refractivity contribution is 9.10. The third-order valence-electron chi connectivity index (χ3n) is 1.71. The maximum Gasteiger partial charge on any atom is 0.124 e. The van der Waals surface area contributed by atoms with Gasteiger partial charge in [-0.2, -0.15) is 5.10 Å². The average molecular weight is 276 g/mol. The highest BCUT2D eigenvalue weighted by Gasteiger charge is 2.04. The second kappa shape index (κ2) is 3.71. The average Bonchev–Trinajstić information content (AvgIpc) is 2.51. The SMILES string of the molecule is Fc1ccc(-n2cc(Br)cn2)c(Cl)c1. The molecule has 2 nitrogen and oxygen atoms in total. The van der Waals surface area contributed by atoms with Gasteiger partial charge in [-0.1, -0.05) is 11.6 Å². The number of hydrogen-bond acceptors (Lipinski definition) is 1. The van der Waals surface area contributed by atoms with Gasteiger partial charge in [0.2, 0.25) is 0 Å². The molecule has 0 aliphatic heterocycles. The van der Waals surface area contributed by atoms with Crippen molar-refractivity contribution in [2.45, 2.75) is 0 Å². The summed E-state index contributed by atoms with van der Waals surface area (Å²) in [5.41, 5.74) is 0.652. The first-order valence-corrected chi connectivity index (χ1v) is 4.99. The van der Waals surface area contributed by atoms with Crippen LogP contribution in [0, 0.1) is 5.82 Å². The molecule has 0 N–H and O–H groups in total. The van der Waals surface area contributed by atoms with Gasteiger partial charge in [0.05, 0.1) is 21.4 Å². The summed E-state index contributed by atoms with van der Waals surface area (Å²) in [5.74, 6) is -0.357. The Labute approximate surface area is 93.4 Å². The molecule has 2 aromatic rings. The maximum atomic E-state index is 12.7. The van der Waals surface area contributed by atoms with Crippen LogP contribution < -0.4 is 0 Å². The molecule has 5 heteroatoms. The van der Waals surface area contributed by atoms with Gasteiger partial charge >= 0.3 is 0 Å². The van der Waals surface area contributed by atoms with E-state index in [-0.39, 0.29) is 5.82 Å². The van der Waals surface area contributed by atoms with Gasteiger partial charge in [-0.25, -0.2) is 9.07 Å². The fraction of sp³-hybridized carbons (Fsp3) is 0. The summed E-state index contributed by atoms with van der Waals surface area (Å²) < 4.78 is 15.2. The predicted molar refractivity (Wildman–Crippen MR) is 56.2 cm³/mol.